The average molecular weight is 492 g/mol. The van der Waals surface area contributed by atoms with Gasteiger partial charge in [0, 0.05) is 63.1 Å². The fraction of sp³-hybridized carbons (Fsp3) is 0.148. The Hall–Kier alpha value is -4.99. The molecule has 0 saturated heterocycles. The van der Waals surface area contributed by atoms with E-state index in [1.54, 1.807) is 23.4 Å². The number of hydrogen-bond acceptors (Lipinski definition) is 7. The molecule has 0 unspecified atom stereocenters. The van der Waals surface area contributed by atoms with E-state index >= 15 is 0 Å². The number of rotatable bonds is 8. The van der Waals surface area contributed by atoms with Crippen LogP contribution >= 0.6 is 0 Å². The van der Waals surface area contributed by atoms with E-state index in [9.17, 15) is 0 Å². The Morgan fingerprint density at radius 1 is 0.892 bits per heavy atom. The van der Waals surface area contributed by atoms with Crippen molar-refractivity contribution in [3.63, 3.8) is 0 Å². The highest BCUT2D eigenvalue weighted by molar-refractivity contribution is 5.64. The summed E-state index contributed by atoms with van der Waals surface area (Å²) >= 11 is 0. The molecule has 0 aliphatic carbocycles. The third-order valence-electron chi connectivity index (χ3n) is 6.17. The first kappa shape index (κ1) is 22.5. The highest BCUT2D eigenvalue weighted by atomic mass is 16.5. The van der Waals surface area contributed by atoms with Gasteiger partial charge in [0.05, 0.1) is 23.8 Å². The van der Waals surface area contributed by atoms with Crippen LogP contribution < -0.4 is 10.1 Å². The monoisotopic (exact) mass is 491 g/mol. The first-order valence-electron chi connectivity index (χ1n) is 11.8. The number of pyridine rings is 1. The first-order valence-corrected chi connectivity index (χ1v) is 11.8. The number of hydrogen-bond donors (Lipinski definition) is 1. The number of ether oxygens (including phenoxy) is 1. The van der Waals surface area contributed by atoms with E-state index in [0.717, 1.165) is 51.1 Å². The molecule has 10 nitrogen and oxygen atoms in total. The highest BCUT2D eigenvalue weighted by Crippen LogP contribution is 2.24. The Morgan fingerprint density at radius 2 is 1.78 bits per heavy atom. The third-order valence-corrected chi connectivity index (χ3v) is 6.17. The van der Waals surface area contributed by atoms with Crippen molar-refractivity contribution in [1.29, 1.82) is 0 Å². The van der Waals surface area contributed by atoms with Crippen LogP contribution in [0, 0.1) is 0 Å². The smallest absolute Gasteiger partial charge is 0.146 e. The topological polar surface area (TPSA) is 100.0 Å². The SMILES string of the molecule is Cn1cc(-c2ccc(CNc3cc(-c4cnc5cc(OCc6nccn6C)ccn45)ncn3)cc2)cn1. The van der Waals surface area contributed by atoms with Crippen LogP contribution in [0.5, 0.6) is 5.75 Å². The van der Waals surface area contributed by atoms with E-state index in [2.05, 4.69) is 54.6 Å². The third kappa shape index (κ3) is 4.76. The van der Waals surface area contributed by atoms with Crippen LogP contribution in [0.3, 0.4) is 0 Å². The number of benzene rings is 1. The molecule has 10 heteroatoms. The number of anilines is 1. The maximum Gasteiger partial charge on any atom is 0.146 e. The number of imidazole rings is 2. The van der Waals surface area contributed by atoms with E-state index in [1.807, 2.05) is 66.0 Å². The van der Waals surface area contributed by atoms with E-state index in [4.69, 9.17) is 4.74 Å². The van der Waals surface area contributed by atoms with Crippen LogP contribution in [0.4, 0.5) is 5.82 Å². The molecule has 0 amide bonds. The fourth-order valence-electron chi connectivity index (χ4n) is 4.10. The van der Waals surface area contributed by atoms with Gasteiger partial charge in [0.15, 0.2) is 0 Å². The van der Waals surface area contributed by atoms with Gasteiger partial charge in [-0.05, 0) is 17.2 Å². The van der Waals surface area contributed by atoms with Crippen LogP contribution in [-0.4, -0.2) is 38.7 Å². The molecule has 0 aliphatic rings. The van der Waals surface area contributed by atoms with Crippen LogP contribution in [-0.2, 0) is 27.2 Å². The normalized spacial score (nSPS) is 11.2. The summed E-state index contributed by atoms with van der Waals surface area (Å²) in [5.41, 5.74) is 5.81. The van der Waals surface area contributed by atoms with Crippen molar-refractivity contribution in [3.05, 3.63) is 97.4 Å². The van der Waals surface area contributed by atoms with Gasteiger partial charge >= 0.3 is 0 Å². The minimum atomic E-state index is 0.389. The molecule has 0 aliphatic heterocycles. The first-order chi connectivity index (χ1) is 18.1. The second kappa shape index (κ2) is 9.57. The Labute approximate surface area is 213 Å². The van der Waals surface area contributed by atoms with Gasteiger partial charge in [0.25, 0.3) is 0 Å². The van der Waals surface area contributed by atoms with E-state index in [-0.39, 0.29) is 0 Å². The van der Waals surface area contributed by atoms with Gasteiger partial charge in [0.1, 0.15) is 36.0 Å². The Morgan fingerprint density at radius 3 is 2.57 bits per heavy atom. The maximum atomic E-state index is 5.90. The molecular formula is C27H25N9O. The highest BCUT2D eigenvalue weighted by Gasteiger charge is 2.10. The predicted molar refractivity (Wildman–Crippen MR) is 140 cm³/mol. The van der Waals surface area contributed by atoms with Crippen LogP contribution in [0.15, 0.2) is 86.0 Å². The minimum absolute atomic E-state index is 0.389. The predicted octanol–water partition coefficient (Wildman–Crippen LogP) is 4.12. The summed E-state index contributed by atoms with van der Waals surface area (Å²) in [4.78, 5) is 17.7. The molecule has 0 spiro atoms. The lowest BCUT2D eigenvalue weighted by atomic mass is 10.1. The molecule has 6 rings (SSSR count). The zero-order valence-electron chi connectivity index (χ0n) is 20.5. The molecule has 5 aromatic heterocycles. The van der Waals surface area contributed by atoms with Gasteiger partial charge in [-0.1, -0.05) is 24.3 Å². The summed E-state index contributed by atoms with van der Waals surface area (Å²) in [6, 6.07) is 14.2. The number of fused-ring (bicyclic) bond motifs is 1. The van der Waals surface area contributed by atoms with Crippen molar-refractivity contribution in [2.75, 3.05) is 5.32 Å². The molecule has 0 saturated carbocycles. The lowest BCUT2D eigenvalue weighted by Gasteiger charge is -2.09. The molecule has 0 bridgehead atoms. The van der Waals surface area contributed by atoms with Gasteiger partial charge < -0.3 is 14.6 Å². The molecule has 0 radical (unpaired) electrons. The van der Waals surface area contributed by atoms with Crippen molar-refractivity contribution < 1.29 is 4.74 Å². The summed E-state index contributed by atoms with van der Waals surface area (Å²) in [6.45, 7) is 1.04. The molecule has 1 aromatic carbocycles. The average Bonchev–Trinajstić information content (AvgIpc) is 3.66. The van der Waals surface area contributed by atoms with Gasteiger partial charge in [0.2, 0.25) is 0 Å². The van der Waals surface area contributed by atoms with E-state index in [0.29, 0.717) is 13.2 Å². The van der Waals surface area contributed by atoms with Gasteiger partial charge in [-0.25, -0.2) is 19.9 Å². The fourth-order valence-corrected chi connectivity index (χ4v) is 4.10. The molecule has 6 aromatic rings. The Kier molecular flexibility index (Phi) is 5.81. The molecular weight excluding hydrogens is 466 g/mol. The number of nitrogens with zero attached hydrogens (tertiary/aromatic N) is 8. The summed E-state index contributed by atoms with van der Waals surface area (Å²) in [7, 11) is 3.86. The van der Waals surface area contributed by atoms with Crippen LogP contribution in [0.1, 0.15) is 11.4 Å². The molecule has 0 fully saturated rings. The maximum absolute atomic E-state index is 5.90. The second-order valence-corrected chi connectivity index (χ2v) is 8.72. The lowest BCUT2D eigenvalue weighted by molar-refractivity contribution is 0.292. The Bertz CT molecular complexity index is 1660. The number of aromatic nitrogens is 8. The van der Waals surface area contributed by atoms with Crippen molar-refractivity contribution in [3.8, 4) is 28.3 Å². The van der Waals surface area contributed by atoms with Crippen molar-refractivity contribution in [1.82, 2.24) is 38.7 Å². The summed E-state index contributed by atoms with van der Waals surface area (Å²) < 4.78 is 11.6. The van der Waals surface area contributed by atoms with E-state index < -0.39 is 0 Å². The molecule has 1 N–H and O–H groups in total. The molecule has 184 valence electrons. The van der Waals surface area contributed by atoms with Crippen molar-refractivity contribution >= 4 is 11.5 Å². The van der Waals surface area contributed by atoms with Gasteiger partial charge in [-0.3, -0.25) is 9.08 Å². The number of nitrogens with one attached hydrogen (secondary N) is 1. The zero-order valence-corrected chi connectivity index (χ0v) is 20.5. The van der Waals surface area contributed by atoms with Crippen LogP contribution in [0.2, 0.25) is 0 Å². The van der Waals surface area contributed by atoms with Crippen molar-refractivity contribution in [2.24, 2.45) is 14.1 Å². The minimum Gasteiger partial charge on any atom is -0.485 e. The summed E-state index contributed by atoms with van der Waals surface area (Å²) in [5, 5.41) is 7.63. The molecule has 5 heterocycles. The van der Waals surface area contributed by atoms with Crippen LogP contribution in [0.25, 0.3) is 28.2 Å². The lowest BCUT2D eigenvalue weighted by Crippen LogP contribution is -2.03. The number of aryl methyl sites for hydroxylation is 2. The van der Waals surface area contributed by atoms with Gasteiger partial charge in [-0.2, -0.15) is 5.10 Å². The Balaban J connectivity index is 1.14. The largest absolute Gasteiger partial charge is 0.485 e. The standard InChI is InChI=1S/C27H25N9O/c1-34-10-8-28-27(34)17-37-22-7-9-36-24(15-30-26(36)11-22)23-12-25(32-18-31-23)29-13-19-3-5-20(6-4-19)21-14-33-35(2)16-21/h3-12,14-16,18H,13,17H2,1-2H3,(H,29,31,32). The van der Waals surface area contributed by atoms with Gasteiger partial charge in [-0.15, -0.1) is 0 Å². The zero-order chi connectivity index (χ0) is 25.2. The van der Waals surface area contributed by atoms with E-state index in [1.165, 1.54) is 0 Å². The quantitative estimate of drug-likeness (QED) is 0.342. The molecule has 37 heavy (non-hydrogen) atoms. The summed E-state index contributed by atoms with van der Waals surface area (Å²) in [6.07, 6.45) is 12.8. The molecule has 0 atom stereocenters. The van der Waals surface area contributed by atoms with Crippen molar-refractivity contribution in [2.45, 2.75) is 13.2 Å². The summed E-state index contributed by atoms with van der Waals surface area (Å²) in [5.74, 6) is 2.33. The second-order valence-electron chi connectivity index (χ2n) is 8.72.